The molecule has 0 fully saturated rings. The summed E-state index contributed by atoms with van der Waals surface area (Å²) in [5.41, 5.74) is 1.45. The molecule has 0 atom stereocenters. The van der Waals surface area contributed by atoms with E-state index in [0.717, 1.165) is 4.90 Å². The first-order valence-corrected chi connectivity index (χ1v) is 10.5. The molecule has 0 spiro atoms. The Balaban J connectivity index is 1.56. The molecule has 0 bridgehead atoms. The molecule has 3 aromatic rings. The topological polar surface area (TPSA) is 78.5 Å². The van der Waals surface area contributed by atoms with Crippen LogP contribution in [0.25, 0.3) is 0 Å². The summed E-state index contributed by atoms with van der Waals surface area (Å²) in [6.07, 6.45) is 0. The monoisotopic (exact) mass is 485 g/mol. The number of hydrogen-bond acceptors (Lipinski definition) is 4. The molecular weight excluding hydrogens is 473 g/mol. The maximum atomic E-state index is 13.0. The molecule has 32 heavy (non-hydrogen) atoms. The number of nitrogens with one attached hydrogen (secondary N) is 2. The van der Waals surface area contributed by atoms with Gasteiger partial charge in [0.25, 0.3) is 17.7 Å². The number of benzene rings is 3. The Kier molecular flexibility index (Phi) is 6.19. The van der Waals surface area contributed by atoms with Gasteiger partial charge in [0.15, 0.2) is 0 Å². The van der Waals surface area contributed by atoms with Crippen molar-refractivity contribution in [1.29, 1.82) is 0 Å². The Morgan fingerprint density at radius 1 is 0.781 bits per heavy atom. The number of carbonyl (C=O) groups excluding carboxylic acids is 3. The van der Waals surface area contributed by atoms with Crippen LogP contribution in [0.2, 0.25) is 10.0 Å². The van der Waals surface area contributed by atoms with Crippen molar-refractivity contribution < 1.29 is 14.4 Å². The average molecular weight is 487 g/mol. The smallest absolute Gasteiger partial charge is 0.283 e. The van der Waals surface area contributed by atoms with Crippen molar-refractivity contribution in [2.24, 2.45) is 0 Å². The van der Waals surface area contributed by atoms with Crippen LogP contribution in [0.4, 0.5) is 17.1 Å². The van der Waals surface area contributed by atoms with E-state index >= 15 is 0 Å². The zero-order chi connectivity index (χ0) is 22.8. The van der Waals surface area contributed by atoms with Crippen LogP contribution in [0.3, 0.4) is 0 Å². The second-order valence-corrected chi connectivity index (χ2v) is 7.98. The largest absolute Gasteiger partial charge is 0.350 e. The highest BCUT2D eigenvalue weighted by atomic mass is 35.5. The average Bonchev–Trinajstić information content (AvgIpc) is 2.98. The minimum atomic E-state index is -0.721. The third-order valence-corrected chi connectivity index (χ3v) is 5.49. The number of anilines is 3. The van der Waals surface area contributed by atoms with Crippen LogP contribution in [0.15, 0.2) is 83.5 Å². The molecule has 2 N–H and O–H groups in total. The van der Waals surface area contributed by atoms with Crippen molar-refractivity contribution >= 4 is 69.6 Å². The highest BCUT2D eigenvalue weighted by Crippen LogP contribution is 2.35. The van der Waals surface area contributed by atoms with E-state index in [4.69, 9.17) is 34.8 Å². The summed E-state index contributed by atoms with van der Waals surface area (Å²) < 4.78 is 0. The van der Waals surface area contributed by atoms with Crippen LogP contribution in [-0.4, -0.2) is 17.7 Å². The Labute approximate surface area is 198 Å². The Morgan fingerprint density at radius 2 is 1.50 bits per heavy atom. The molecule has 0 saturated heterocycles. The lowest BCUT2D eigenvalue weighted by atomic mass is 10.1. The van der Waals surface area contributed by atoms with E-state index in [1.165, 1.54) is 18.2 Å². The Hall–Kier alpha value is -3.32. The molecule has 6 nitrogen and oxygen atoms in total. The van der Waals surface area contributed by atoms with E-state index in [2.05, 4.69) is 10.6 Å². The van der Waals surface area contributed by atoms with Crippen molar-refractivity contribution in [2.45, 2.75) is 0 Å². The summed E-state index contributed by atoms with van der Waals surface area (Å²) in [5, 5.41) is 5.83. The lowest BCUT2D eigenvalue weighted by Gasteiger charge is -2.16. The third kappa shape index (κ3) is 4.34. The Morgan fingerprint density at radius 3 is 2.22 bits per heavy atom. The predicted molar refractivity (Wildman–Crippen MR) is 126 cm³/mol. The number of halogens is 3. The van der Waals surface area contributed by atoms with Gasteiger partial charge in [-0.3, -0.25) is 14.4 Å². The van der Waals surface area contributed by atoms with Gasteiger partial charge in [-0.1, -0.05) is 59.1 Å². The normalized spacial score (nSPS) is 13.5. The minimum Gasteiger partial charge on any atom is -0.350 e. The van der Waals surface area contributed by atoms with Gasteiger partial charge in [0.2, 0.25) is 0 Å². The molecule has 0 aliphatic carbocycles. The summed E-state index contributed by atoms with van der Waals surface area (Å²) in [7, 11) is 0. The number of rotatable bonds is 5. The molecular formula is C23H14Cl3N3O3. The number of nitrogens with zero attached hydrogens (tertiary/aromatic N) is 1. The lowest BCUT2D eigenvalue weighted by molar-refractivity contribution is -0.120. The van der Waals surface area contributed by atoms with Crippen LogP contribution in [0, 0.1) is 0 Å². The van der Waals surface area contributed by atoms with Gasteiger partial charge in [0.05, 0.1) is 10.7 Å². The summed E-state index contributed by atoms with van der Waals surface area (Å²) >= 11 is 18.2. The number of carbonyl (C=O) groups is 3. The molecule has 0 radical (unpaired) electrons. The van der Waals surface area contributed by atoms with Crippen molar-refractivity contribution in [2.75, 3.05) is 15.5 Å². The van der Waals surface area contributed by atoms with E-state index in [1.807, 2.05) is 18.2 Å². The zero-order valence-electron chi connectivity index (χ0n) is 16.2. The van der Waals surface area contributed by atoms with Crippen LogP contribution in [-0.2, 0) is 9.59 Å². The van der Waals surface area contributed by atoms with Crippen molar-refractivity contribution in [3.63, 3.8) is 0 Å². The third-order valence-electron chi connectivity index (χ3n) is 4.60. The van der Waals surface area contributed by atoms with Crippen molar-refractivity contribution in [1.82, 2.24) is 0 Å². The SMILES string of the molecule is O=C(Nc1ccccc1)c1cccc(NC2=C(Cl)C(=O)N(c3ccc(Cl)cc3Cl)C2=O)c1. The summed E-state index contributed by atoms with van der Waals surface area (Å²) in [6.45, 7) is 0. The predicted octanol–water partition coefficient (Wildman–Crippen LogP) is 5.68. The van der Waals surface area contributed by atoms with Gasteiger partial charge < -0.3 is 10.6 Å². The summed E-state index contributed by atoms with van der Waals surface area (Å²) in [5.74, 6) is -1.73. The number of para-hydroxylation sites is 1. The maximum absolute atomic E-state index is 13.0. The van der Waals surface area contributed by atoms with Crippen LogP contribution < -0.4 is 15.5 Å². The lowest BCUT2D eigenvalue weighted by Crippen LogP contribution is -2.32. The molecule has 0 unspecified atom stereocenters. The van der Waals surface area contributed by atoms with Gasteiger partial charge in [-0.05, 0) is 48.5 Å². The highest BCUT2D eigenvalue weighted by molar-refractivity contribution is 6.54. The van der Waals surface area contributed by atoms with E-state index < -0.39 is 11.8 Å². The first kappa shape index (κ1) is 21.9. The Bertz CT molecular complexity index is 1280. The molecule has 160 valence electrons. The van der Waals surface area contributed by atoms with Gasteiger partial charge >= 0.3 is 0 Å². The second kappa shape index (κ2) is 9.04. The fraction of sp³-hybridized carbons (Fsp3) is 0. The molecule has 1 aliphatic rings. The highest BCUT2D eigenvalue weighted by Gasteiger charge is 2.39. The van der Waals surface area contributed by atoms with Crippen molar-refractivity contribution in [3.8, 4) is 0 Å². The fourth-order valence-corrected chi connectivity index (χ4v) is 3.81. The minimum absolute atomic E-state index is 0.122. The van der Waals surface area contributed by atoms with Gasteiger partial charge in [-0.25, -0.2) is 4.90 Å². The van der Waals surface area contributed by atoms with E-state index in [9.17, 15) is 14.4 Å². The van der Waals surface area contributed by atoms with E-state index in [-0.39, 0.29) is 27.3 Å². The molecule has 3 amide bonds. The zero-order valence-corrected chi connectivity index (χ0v) is 18.5. The van der Waals surface area contributed by atoms with Crippen LogP contribution >= 0.6 is 34.8 Å². The molecule has 0 aromatic heterocycles. The first-order valence-electron chi connectivity index (χ1n) is 9.32. The van der Waals surface area contributed by atoms with Gasteiger partial charge in [0, 0.05) is 22.0 Å². The van der Waals surface area contributed by atoms with E-state index in [0.29, 0.717) is 22.0 Å². The number of hydrogen-bond donors (Lipinski definition) is 2. The summed E-state index contributed by atoms with van der Waals surface area (Å²) in [4.78, 5) is 39.0. The van der Waals surface area contributed by atoms with E-state index in [1.54, 1.807) is 36.4 Å². The van der Waals surface area contributed by atoms with Crippen LogP contribution in [0.1, 0.15) is 10.4 Å². The number of imide groups is 1. The molecule has 1 aliphatic heterocycles. The fourth-order valence-electron chi connectivity index (χ4n) is 3.10. The first-order chi connectivity index (χ1) is 15.3. The molecule has 1 heterocycles. The second-order valence-electron chi connectivity index (χ2n) is 6.76. The van der Waals surface area contributed by atoms with Gasteiger partial charge in [0.1, 0.15) is 10.7 Å². The maximum Gasteiger partial charge on any atom is 0.283 e. The molecule has 9 heteroatoms. The van der Waals surface area contributed by atoms with Crippen LogP contribution in [0.5, 0.6) is 0 Å². The summed E-state index contributed by atoms with van der Waals surface area (Å²) in [6, 6.07) is 19.9. The number of amides is 3. The van der Waals surface area contributed by atoms with Crippen molar-refractivity contribution in [3.05, 3.63) is 99.1 Å². The molecule has 3 aromatic carbocycles. The quantitative estimate of drug-likeness (QED) is 0.455. The molecule has 0 saturated carbocycles. The molecule has 4 rings (SSSR count). The van der Waals surface area contributed by atoms with Gasteiger partial charge in [-0.15, -0.1) is 0 Å². The standard InChI is InChI=1S/C23H14Cl3N3O3/c24-14-9-10-18(17(25)12-14)29-22(31)19(26)20(23(29)32)27-16-8-4-5-13(11-16)21(30)28-15-6-2-1-3-7-15/h1-12,27H,(H,28,30). The van der Waals surface area contributed by atoms with Gasteiger partial charge in [-0.2, -0.15) is 0 Å².